The topological polar surface area (TPSA) is 50.1 Å². The molecule has 1 aromatic heterocycles. The Morgan fingerprint density at radius 2 is 1.88 bits per heavy atom. The molecule has 0 saturated carbocycles. The van der Waals surface area contributed by atoms with Gasteiger partial charge in [0.1, 0.15) is 5.82 Å². The van der Waals surface area contributed by atoms with E-state index >= 15 is 0 Å². The minimum atomic E-state index is -0.504. The lowest BCUT2D eigenvalue weighted by Crippen LogP contribution is -2.23. The first-order valence-corrected chi connectivity index (χ1v) is 8.59. The van der Waals surface area contributed by atoms with Crippen LogP contribution in [-0.2, 0) is 13.1 Å². The Kier molecular flexibility index (Phi) is 5.28. The van der Waals surface area contributed by atoms with Crippen LogP contribution in [0.2, 0.25) is 0 Å². The Morgan fingerprint density at radius 3 is 2.67 bits per heavy atom. The predicted molar refractivity (Wildman–Crippen MR) is 97.9 cm³/mol. The second-order valence-corrected chi connectivity index (χ2v) is 6.17. The summed E-state index contributed by atoms with van der Waals surface area (Å²) in [5.74, 6) is 1.02. The third-order valence-electron chi connectivity index (χ3n) is 4.35. The first-order valence-electron chi connectivity index (χ1n) is 8.59. The number of nitrogens with one attached hydrogen (secondary N) is 1. The van der Waals surface area contributed by atoms with Gasteiger partial charge in [0, 0.05) is 13.1 Å². The number of benzene rings is 2. The lowest BCUT2D eigenvalue weighted by Gasteiger charge is -2.15. The molecule has 0 aliphatic heterocycles. The number of aliphatic hydroxyl groups is 1. The van der Waals surface area contributed by atoms with Crippen molar-refractivity contribution in [3.63, 3.8) is 0 Å². The Labute approximate surface area is 143 Å². The van der Waals surface area contributed by atoms with Crippen molar-refractivity contribution in [2.24, 2.45) is 0 Å². The molecule has 3 aromatic rings. The first kappa shape index (κ1) is 16.7. The molecule has 0 spiro atoms. The second kappa shape index (κ2) is 7.60. The molecule has 3 rings (SSSR count). The molecule has 24 heavy (non-hydrogen) atoms. The van der Waals surface area contributed by atoms with Crippen molar-refractivity contribution >= 4 is 11.0 Å². The maximum atomic E-state index is 10.4. The van der Waals surface area contributed by atoms with E-state index in [1.165, 1.54) is 5.52 Å². The van der Waals surface area contributed by atoms with Crippen molar-refractivity contribution in [1.82, 2.24) is 14.9 Å². The quantitative estimate of drug-likeness (QED) is 0.699. The van der Waals surface area contributed by atoms with E-state index < -0.39 is 6.10 Å². The summed E-state index contributed by atoms with van der Waals surface area (Å²) < 4.78 is 2.27. The fraction of sp³-hybridized carbons (Fsp3) is 0.350. The molecule has 126 valence electrons. The maximum Gasteiger partial charge on any atom is 0.123 e. The SMILES string of the molecule is CCCn1c(CNCC(O)c2ccccc2C)nc2ccccc21. The molecular weight excluding hydrogens is 298 g/mol. The fourth-order valence-electron chi connectivity index (χ4n) is 3.12. The van der Waals surface area contributed by atoms with Crippen LogP contribution in [0.15, 0.2) is 48.5 Å². The molecule has 4 heteroatoms. The van der Waals surface area contributed by atoms with Crippen LogP contribution in [0, 0.1) is 6.92 Å². The Morgan fingerprint density at radius 1 is 1.12 bits per heavy atom. The van der Waals surface area contributed by atoms with Gasteiger partial charge in [-0.25, -0.2) is 4.98 Å². The van der Waals surface area contributed by atoms with Gasteiger partial charge >= 0.3 is 0 Å². The molecule has 1 unspecified atom stereocenters. The number of hydrogen-bond acceptors (Lipinski definition) is 3. The molecule has 1 atom stereocenters. The number of hydrogen-bond donors (Lipinski definition) is 2. The van der Waals surface area contributed by atoms with Crippen molar-refractivity contribution in [3.05, 3.63) is 65.5 Å². The summed E-state index contributed by atoms with van der Waals surface area (Å²) in [5.41, 5.74) is 4.30. The lowest BCUT2D eigenvalue weighted by molar-refractivity contribution is 0.173. The Hall–Kier alpha value is -2.17. The molecule has 0 aliphatic carbocycles. The van der Waals surface area contributed by atoms with Gasteiger partial charge in [0.05, 0.1) is 23.7 Å². The molecule has 2 aromatic carbocycles. The smallest absolute Gasteiger partial charge is 0.123 e. The Bertz CT molecular complexity index is 810. The summed E-state index contributed by atoms with van der Waals surface area (Å²) in [6, 6.07) is 16.2. The van der Waals surface area contributed by atoms with Crippen LogP contribution < -0.4 is 5.32 Å². The zero-order valence-electron chi connectivity index (χ0n) is 14.4. The van der Waals surface area contributed by atoms with Crippen LogP contribution in [0.1, 0.15) is 36.4 Å². The highest BCUT2D eigenvalue weighted by Gasteiger charge is 2.12. The number of imidazole rings is 1. The number of fused-ring (bicyclic) bond motifs is 1. The normalized spacial score (nSPS) is 12.6. The number of aromatic nitrogens is 2. The summed E-state index contributed by atoms with van der Waals surface area (Å²) in [6.07, 6.45) is 0.564. The van der Waals surface area contributed by atoms with E-state index in [9.17, 15) is 5.11 Å². The molecule has 2 N–H and O–H groups in total. The third-order valence-corrected chi connectivity index (χ3v) is 4.35. The minimum Gasteiger partial charge on any atom is -0.387 e. The van der Waals surface area contributed by atoms with Gasteiger partial charge in [-0.05, 0) is 36.6 Å². The standard InChI is InChI=1S/C20H25N3O/c1-3-12-23-18-11-7-6-10-17(18)22-20(23)14-21-13-19(24)16-9-5-4-8-15(16)2/h4-11,19,21,24H,3,12-14H2,1-2H3. The molecule has 0 aliphatic rings. The van der Waals surface area contributed by atoms with Gasteiger partial charge in [-0.3, -0.25) is 0 Å². The van der Waals surface area contributed by atoms with Crippen molar-refractivity contribution in [3.8, 4) is 0 Å². The number of nitrogens with zero attached hydrogens (tertiary/aromatic N) is 2. The summed E-state index contributed by atoms with van der Waals surface area (Å²) in [7, 11) is 0. The lowest BCUT2D eigenvalue weighted by atomic mass is 10.0. The van der Waals surface area contributed by atoms with Crippen LogP contribution in [0.4, 0.5) is 0 Å². The maximum absolute atomic E-state index is 10.4. The van der Waals surface area contributed by atoms with E-state index in [4.69, 9.17) is 4.98 Å². The predicted octanol–water partition coefficient (Wildman–Crippen LogP) is 3.58. The van der Waals surface area contributed by atoms with E-state index in [1.54, 1.807) is 0 Å². The molecule has 0 radical (unpaired) electrons. The van der Waals surface area contributed by atoms with E-state index in [-0.39, 0.29) is 0 Å². The summed E-state index contributed by atoms with van der Waals surface area (Å²) in [6.45, 7) is 6.32. The van der Waals surface area contributed by atoms with Gasteiger partial charge in [0.25, 0.3) is 0 Å². The number of rotatable bonds is 7. The highest BCUT2D eigenvalue weighted by Crippen LogP contribution is 2.18. The highest BCUT2D eigenvalue weighted by molar-refractivity contribution is 5.75. The van der Waals surface area contributed by atoms with Gasteiger partial charge < -0.3 is 15.0 Å². The average molecular weight is 323 g/mol. The number of aliphatic hydroxyl groups excluding tert-OH is 1. The molecular formula is C20H25N3O. The van der Waals surface area contributed by atoms with Crippen molar-refractivity contribution in [2.75, 3.05) is 6.54 Å². The monoisotopic (exact) mass is 323 g/mol. The summed E-state index contributed by atoms with van der Waals surface area (Å²) in [4.78, 5) is 4.74. The Balaban J connectivity index is 1.69. The molecule has 1 heterocycles. The van der Waals surface area contributed by atoms with Gasteiger partial charge in [-0.2, -0.15) is 0 Å². The van der Waals surface area contributed by atoms with Crippen LogP contribution >= 0.6 is 0 Å². The molecule has 0 amide bonds. The highest BCUT2D eigenvalue weighted by atomic mass is 16.3. The molecule has 0 saturated heterocycles. The van der Waals surface area contributed by atoms with Gasteiger partial charge in [-0.15, -0.1) is 0 Å². The van der Waals surface area contributed by atoms with E-state index in [2.05, 4.69) is 28.9 Å². The summed E-state index contributed by atoms with van der Waals surface area (Å²) in [5, 5.41) is 13.8. The molecule has 4 nitrogen and oxygen atoms in total. The zero-order valence-corrected chi connectivity index (χ0v) is 14.4. The number of aryl methyl sites for hydroxylation is 2. The zero-order chi connectivity index (χ0) is 16.9. The van der Waals surface area contributed by atoms with E-state index in [1.807, 2.05) is 43.3 Å². The van der Waals surface area contributed by atoms with Crippen molar-refractivity contribution < 1.29 is 5.11 Å². The van der Waals surface area contributed by atoms with E-state index in [0.29, 0.717) is 13.1 Å². The van der Waals surface area contributed by atoms with Crippen LogP contribution in [0.3, 0.4) is 0 Å². The van der Waals surface area contributed by atoms with Crippen LogP contribution in [0.5, 0.6) is 0 Å². The third kappa shape index (κ3) is 3.50. The van der Waals surface area contributed by atoms with Crippen LogP contribution in [0.25, 0.3) is 11.0 Å². The summed E-state index contributed by atoms with van der Waals surface area (Å²) >= 11 is 0. The largest absolute Gasteiger partial charge is 0.387 e. The van der Waals surface area contributed by atoms with Crippen LogP contribution in [-0.4, -0.2) is 21.2 Å². The van der Waals surface area contributed by atoms with E-state index in [0.717, 1.165) is 35.4 Å². The molecule has 0 bridgehead atoms. The van der Waals surface area contributed by atoms with Gasteiger partial charge in [0.15, 0.2) is 0 Å². The van der Waals surface area contributed by atoms with Gasteiger partial charge in [-0.1, -0.05) is 43.3 Å². The fourth-order valence-corrected chi connectivity index (χ4v) is 3.12. The first-order chi connectivity index (χ1) is 11.7. The second-order valence-electron chi connectivity index (χ2n) is 6.17. The van der Waals surface area contributed by atoms with Crippen molar-refractivity contribution in [1.29, 1.82) is 0 Å². The van der Waals surface area contributed by atoms with Crippen molar-refractivity contribution in [2.45, 2.75) is 39.5 Å². The van der Waals surface area contributed by atoms with Gasteiger partial charge in [0.2, 0.25) is 0 Å². The molecule has 0 fully saturated rings. The number of para-hydroxylation sites is 2. The average Bonchev–Trinajstić information content (AvgIpc) is 2.93. The minimum absolute atomic E-state index is 0.504.